The fourth-order valence-electron chi connectivity index (χ4n) is 3.43. The molecule has 1 aromatic heterocycles. The number of hydrogen-bond donors (Lipinski definition) is 1. The van der Waals surface area contributed by atoms with E-state index in [2.05, 4.69) is 10.1 Å². The van der Waals surface area contributed by atoms with E-state index in [1.54, 1.807) is 19.1 Å². The van der Waals surface area contributed by atoms with Crippen LogP contribution in [-0.4, -0.2) is 51.7 Å². The Labute approximate surface area is 157 Å². The van der Waals surface area contributed by atoms with Crippen LogP contribution < -0.4 is 4.74 Å². The molecule has 0 bridgehead atoms. The van der Waals surface area contributed by atoms with Gasteiger partial charge in [-0.1, -0.05) is 5.16 Å². The SMILES string of the molecule is Cc1noc(C2CCN(C(=O)c3cc(C)c(OCC(=O)O)c(C)c3)CC2)n1. The number of carboxylic acid groups (broad SMARTS) is 1. The molecule has 1 amide bonds. The number of ether oxygens (including phenoxy) is 1. The zero-order valence-electron chi connectivity index (χ0n) is 15.7. The van der Waals surface area contributed by atoms with Gasteiger partial charge in [0.2, 0.25) is 5.89 Å². The van der Waals surface area contributed by atoms with Gasteiger partial charge in [0.15, 0.2) is 12.4 Å². The lowest BCUT2D eigenvalue weighted by molar-refractivity contribution is -0.139. The van der Waals surface area contributed by atoms with Crippen LogP contribution in [-0.2, 0) is 4.79 Å². The Morgan fingerprint density at radius 1 is 1.22 bits per heavy atom. The monoisotopic (exact) mass is 373 g/mol. The van der Waals surface area contributed by atoms with Gasteiger partial charge in [0.05, 0.1) is 0 Å². The number of hydrogen-bond acceptors (Lipinski definition) is 6. The van der Waals surface area contributed by atoms with E-state index in [9.17, 15) is 9.59 Å². The summed E-state index contributed by atoms with van der Waals surface area (Å²) in [4.78, 5) is 29.7. The third kappa shape index (κ3) is 4.27. The van der Waals surface area contributed by atoms with Crippen molar-refractivity contribution in [2.24, 2.45) is 0 Å². The number of carbonyl (C=O) groups is 2. The third-order valence-electron chi connectivity index (χ3n) is 4.72. The van der Waals surface area contributed by atoms with Crippen LogP contribution >= 0.6 is 0 Å². The van der Waals surface area contributed by atoms with Crippen LogP contribution in [0.25, 0.3) is 0 Å². The van der Waals surface area contributed by atoms with Crippen LogP contribution in [0.2, 0.25) is 0 Å². The number of aliphatic carboxylic acids is 1. The quantitative estimate of drug-likeness (QED) is 0.858. The van der Waals surface area contributed by atoms with E-state index in [1.807, 2.05) is 18.7 Å². The molecule has 1 aliphatic rings. The van der Waals surface area contributed by atoms with Gasteiger partial charge in [-0.3, -0.25) is 4.79 Å². The number of likely N-dealkylation sites (tertiary alicyclic amines) is 1. The molecule has 1 fully saturated rings. The van der Waals surface area contributed by atoms with Crippen molar-refractivity contribution in [1.29, 1.82) is 0 Å². The highest BCUT2D eigenvalue weighted by molar-refractivity contribution is 5.95. The van der Waals surface area contributed by atoms with Gasteiger partial charge in [0.25, 0.3) is 5.91 Å². The summed E-state index contributed by atoms with van der Waals surface area (Å²) >= 11 is 0. The highest BCUT2D eigenvalue weighted by atomic mass is 16.5. The third-order valence-corrected chi connectivity index (χ3v) is 4.72. The van der Waals surface area contributed by atoms with Crippen molar-refractivity contribution in [3.63, 3.8) is 0 Å². The lowest BCUT2D eigenvalue weighted by Crippen LogP contribution is -2.38. The molecular formula is C19H23N3O5. The maximum atomic E-state index is 12.9. The fraction of sp³-hybridized carbons (Fsp3) is 0.474. The molecule has 0 unspecified atom stereocenters. The maximum Gasteiger partial charge on any atom is 0.341 e. The van der Waals surface area contributed by atoms with Gasteiger partial charge in [-0.15, -0.1) is 0 Å². The van der Waals surface area contributed by atoms with E-state index in [1.165, 1.54) is 0 Å². The zero-order valence-corrected chi connectivity index (χ0v) is 15.7. The van der Waals surface area contributed by atoms with Crippen LogP contribution in [0.5, 0.6) is 5.75 Å². The van der Waals surface area contributed by atoms with Crippen molar-refractivity contribution in [3.8, 4) is 5.75 Å². The summed E-state index contributed by atoms with van der Waals surface area (Å²) in [5, 5.41) is 12.6. The number of carbonyl (C=O) groups excluding carboxylic acids is 1. The molecule has 1 N–H and O–H groups in total. The molecule has 0 spiro atoms. The molecule has 1 saturated heterocycles. The van der Waals surface area contributed by atoms with E-state index in [0.717, 1.165) is 24.0 Å². The lowest BCUT2D eigenvalue weighted by atomic mass is 9.96. The number of aromatic nitrogens is 2. The minimum absolute atomic E-state index is 0.0360. The number of carboxylic acids is 1. The van der Waals surface area contributed by atoms with Gasteiger partial charge >= 0.3 is 5.97 Å². The summed E-state index contributed by atoms with van der Waals surface area (Å²) in [6.45, 7) is 6.26. The minimum atomic E-state index is -1.03. The first-order valence-electron chi connectivity index (χ1n) is 8.90. The molecular weight excluding hydrogens is 350 g/mol. The smallest absolute Gasteiger partial charge is 0.341 e. The molecule has 0 radical (unpaired) electrons. The molecule has 144 valence electrons. The molecule has 1 aliphatic heterocycles. The van der Waals surface area contributed by atoms with Crippen molar-refractivity contribution in [1.82, 2.24) is 15.0 Å². The van der Waals surface area contributed by atoms with Crippen molar-refractivity contribution in [3.05, 3.63) is 40.5 Å². The van der Waals surface area contributed by atoms with Crippen molar-refractivity contribution in [2.45, 2.75) is 39.5 Å². The van der Waals surface area contributed by atoms with Crippen LogP contribution in [0, 0.1) is 20.8 Å². The number of piperidine rings is 1. The standard InChI is InChI=1S/C19H23N3O5/c1-11-8-15(9-12(2)17(11)26-10-16(23)24)19(25)22-6-4-14(5-7-22)18-20-13(3)21-27-18/h8-9,14H,4-7,10H2,1-3H3,(H,23,24). The Balaban J connectivity index is 1.67. The molecule has 0 atom stereocenters. The predicted molar refractivity (Wildman–Crippen MR) is 96.0 cm³/mol. The summed E-state index contributed by atoms with van der Waals surface area (Å²) in [7, 11) is 0. The van der Waals surface area contributed by atoms with Crippen molar-refractivity contribution >= 4 is 11.9 Å². The number of nitrogens with zero attached hydrogens (tertiary/aromatic N) is 3. The second kappa shape index (κ2) is 7.77. The van der Waals surface area contributed by atoms with Gasteiger partial charge in [-0.05, 0) is 56.9 Å². The Kier molecular flexibility index (Phi) is 5.43. The van der Waals surface area contributed by atoms with Gasteiger partial charge in [-0.2, -0.15) is 4.98 Å². The Morgan fingerprint density at radius 3 is 2.37 bits per heavy atom. The van der Waals surface area contributed by atoms with Gasteiger partial charge in [0.1, 0.15) is 5.75 Å². The number of amides is 1. The molecule has 2 heterocycles. The normalized spacial score (nSPS) is 15.0. The van der Waals surface area contributed by atoms with E-state index in [0.29, 0.717) is 36.1 Å². The summed E-state index contributed by atoms with van der Waals surface area (Å²) in [6, 6.07) is 3.50. The second-order valence-corrected chi connectivity index (χ2v) is 6.87. The van der Waals surface area contributed by atoms with Crippen LogP contribution in [0.4, 0.5) is 0 Å². The Bertz CT molecular complexity index is 830. The van der Waals surface area contributed by atoms with Crippen molar-refractivity contribution in [2.75, 3.05) is 19.7 Å². The topological polar surface area (TPSA) is 106 Å². The first-order valence-corrected chi connectivity index (χ1v) is 8.90. The number of aryl methyl sites for hydroxylation is 3. The average Bonchev–Trinajstić information content (AvgIpc) is 3.06. The fourth-order valence-corrected chi connectivity index (χ4v) is 3.43. The summed E-state index contributed by atoms with van der Waals surface area (Å²) in [6.07, 6.45) is 1.57. The summed E-state index contributed by atoms with van der Waals surface area (Å²) < 4.78 is 10.6. The maximum absolute atomic E-state index is 12.9. The van der Waals surface area contributed by atoms with E-state index < -0.39 is 12.6 Å². The molecule has 1 aromatic carbocycles. The average molecular weight is 373 g/mol. The molecule has 8 nitrogen and oxygen atoms in total. The van der Waals surface area contributed by atoms with Crippen molar-refractivity contribution < 1.29 is 24.0 Å². The molecule has 8 heteroatoms. The number of rotatable bonds is 5. The van der Waals surface area contributed by atoms with Crippen LogP contribution in [0.15, 0.2) is 16.7 Å². The highest BCUT2D eigenvalue weighted by Gasteiger charge is 2.28. The van der Waals surface area contributed by atoms with Gasteiger partial charge < -0.3 is 19.3 Å². The van der Waals surface area contributed by atoms with Gasteiger partial charge in [0, 0.05) is 24.6 Å². The summed E-state index contributed by atoms with van der Waals surface area (Å²) in [5.41, 5.74) is 2.08. The van der Waals surface area contributed by atoms with E-state index in [-0.39, 0.29) is 11.8 Å². The lowest BCUT2D eigenvalue weighted by Gasteiger charge is -2.30. The largest absolute Gasteiger partial charge is 0.481 e. The highest BCUT2D eigenvalue weighted by Crippen LogP contribution is 2.29. The zero-order chi connectivity index (χ0) is 19.6. The second-order valence-electron chi connectivity index (χ2n) is 6.87. The molecule has 27 heavy (non-hydrogen) atoms. The Hall–Kier alpha value is -2.90. The van der Waals surface area contributed by atoms with Crippen LogP contribution in [0.1, 0.15) is 52.0 Å². The first-order chi connectivity index (χ1) is 12.8. The van der Waals surface area contributed by atoms with Gasteiger partial charge in [-0.25, -0.2) is 4.79 Å². The molecule has 0 aliphatic carbocycles. The molecule has 0 saturated carbocycles. The predicted octanol–water partition coefficient (Wildman–Crippen LogP) is 2.48. The van der Waals surface area contributed by atoms with E-state index in [4.69, 9.17) is 14.4 Å². The first kappa shape index (κ1) is 18.9. The number of benzene rings is 1. The minimum Gasteiger partial charge on any atom is -0.481 e. The molecule has 2 aromatic rings. The Morgan fingerprint density at radius 2 is 1.85 bits per heavy atom. The van der Waals surface area contributed by atoms with E-state index >= 15 is 0 Å². The van der Waals surface area contributed by atoms with Crippen LogP contribution in [0.3, 0.4) is 0 Å². The summed E-state index contributed by atoms with van der Waals surface area (Å²) in [5.74, 6) is 0.898. The molecule has 3 rings (SSSR count).